The molecular weight excluding hydrogens is 441 g/mol. The van der Waals surface area contributed by atoms with Crippen molar-refractivity contribution < 1.29 is 18.7 Å². The second-order valence-corrected chi connectivity index (χ2v) is 9.60. The number of methoxy groups -OCH3 is 1. The van der Waals surface area contributed by atoms with Crippen LogP contribution < -0.4 is 4.74 Å². The van der Waals surface area contributed by atoms with E-state index in [1.807, 2.05) is 17.0 Å². The standard InChI is InChI=1S/C30H28FNO3/c1-34-29-17-20(31)13-14-23(29)19-15-21-7-6-8-22(16-19)32(21)30(33)35-18-28-26-11-4-2-9-24(26)25-10-3-5-12-27(25)28/h2-5,9-15,17,21-22,28H,6-8,16,18H2,1H3. The molecule has 4 nitrogen and oxygen atoms in total. The molecule has 2 unspecified atom stereocenters. The van der Waals surface area contributed by atoms with Crippen molar-refractivity contribution in [1.29, 1.82) is 0 Å². The van der Waals surface area contributed by atoms with Gasteiger partial charge in [0.15, 0.2) is 0 Å². The molecule has 2 heterocycles. The first-order chi connectivity index (χ1) is 17.1. The smallest absolute Gasteiger partial charge is 0.410 e. The van der Waals surface area contributed by atoms with Crippen LogP contribution in [0.1, 0.15) is 48.3 Å². The third-order valence-corrected chi connectivity index (χ3v) is 7.69. The van der Waals surface area contributed by atoms with E-state index in [2.05, 4.69) is 42.5 Å². The third kappa shape index (κ3) is 3.79. The van der Waals surface area contributed by atoms with Crippen molar-refractivity contribution in [2.45, 2.75) is 43.7 Å². The van der Waals surface area contributed by atoms with Gasteiger partial charge in [-0.15, -0.1) is 0 Å². The zero-order valence-corrected chi connectivity index (χ0v) is 19.7. The number of halogens is 1. The fraction of sp³-hybridized carbons (Fsp3) is 0.300. The molecule has 2 bridgehead atoms. The molecule has 5 heteroatoms. The largest absolute Gasteiger partial charge is 0.496 e. The molecule has 0 N–H and O–H groups in total. The zero-order chi connectivity index (χ0) is 23.9. The number of carbonyl (C=O) groups excluding carboxylic acids is 1. The summed E-state index contributed by atoms with van der Waals surface area (Å²) in [5, 5.41) is 0. The highest BCUT2D eigenvalue weighted by atomic mass is 19.1. The Morgan fingerprint density at radius 1 is 0.971 bits per heavy atom. The van der Waals surface area contributed by atoms with Gasteiger partial charge >= 0.3 is 6.09 Å². The van der Waals surface area contributed by atoms with Gasteiger partial charge in [0.2, 0.25) is 0 Å². The monoisotopic (exact) mass is 469 g/mol. The Hall–Kier alpha value is -3.60. The number of rotatable bonds is 4. The molecule has 0 radical (unpaired) electrons. The minimum absolute atomic E-state index is 0.0251. The minimum atomic E-state index is -0.317. The highest BCUT2D eigenvalue weighted by Crippen LogP contribution is 2.45. The maximum atomic E-state index is 13.7. The lowest BCUT2D eigenvalue weighted by Gasteiger charge is -2.44. The summed E-state index contributed by atoms with van der Waals surface area (Å²) >= 11 is 0. The van der Waals surface area contributed by atoms with Gasteiger partial charge in [0.25, 0.3) is 0 Å². The summed E-state index contributed by atoms with van der Waals surface area (Å²) in [7, 11) is 1.56. The van der Waals surface area contributed by atoms with E-state index in [0.29, 0.717) is 18.8 Å². The topological polar surface area (TPSA) is 38.8 Å². The van der Waals surface area contributed by atoms with Crippen molar-refractivity contribution >= 4 is 11.7 Å². The summed E-state index contributed by atoms with van der Waals surface area (Å²) in [6.07, 6.45) is 5.51. The molecule has 3 aliphatic rings. The summed E-state index contributed by atoms with van der Waals surface area (Å²) in [6.45, 7) is 0.325. The number of fused-ring (bicyclic) bond motifs is 5. The Labute approximate surface area is 205 Å². The molecule has 35 heavy (non-hydrogen) atoms. The van der Waals surface area contributed by atoms with Crippen LogP contribution in [0.2, 0.25) is 0 Å². The minimum Gasteiger partial charge on any atom is -0.496 e. The van der Waals surface area contributed by atoms with Gasteiger partial charge in [0, 0.05) is 23.6 Å². The molecule has 1 fully saturated rings. The van der Waals surface area contributed by atoms with Gasteiger partial charge in [0.05, 0.1) is 13.2 Å². The predicted molar refractivity (Wildman–Crippen MR) is 134 cm³/mol. The SMILES string of the molecule is COc1cc(F)ccc1C1=CC2CCCC(C1)N2C(=O)OCC1c2ccccc2-c2ccccc21. The molecule has 6 rings (SSSR count). The molecular formula is C30H28FNO3. The molecule has 2 atom stereocenters. The van der Waals surface area contributed by atoms with Crippen LogP contribution in [0.5, 0.6) is 5.75 Å². The van der Waals surface area contributed by atoms with Crippen LogP contribution in [0.4, 0.5) is 9.18 Å². The van der Waals surface area contributed by atoms with Crippen LogP contribution in [0, 0.1) is 5.82 Å². The van der Waals surface area contributed by atoms with E-state index in [9.17, 15) is 9.18 Å². The average molecular weight is 470 g/mol. The van der Waals surface area contributed by atoms with Crippen molar-refractivity contribution in [3.63, 3.8) is 0 Å². The summed E-state index contributed by atoms with van der Waals surface area (Å²) in [4.78, 5) is 15.3. The maximum Gasteiger partial charge on any atom is 0.410 e. The molecule has 178 valence electrons. The number of piperidine rings is 1. The van der Waals surface area contributed by atoms with Crippen molar-refractivity contribution in [3.05, 3.63) is 95.3 Å². The molecule has 0 aromatic heterocycles. The van der Waals surface area contributed by atoms with E-state index in [-0.39, 0.29) is 29.9 Å². The molecule has 0 saturated carbocycles. The normalized spacial score (nSPS) is 20.6. The van der Waals surface area contributed by atoms with E-state index in [0.717, 1.165) is 30.4 Å². The van der Waals surface area contributed by atoms with E-state index >= 15 is 0 Å². The number of hydrogen-bond donors (Lipinski definition) is 0. The first-order valence-corrected chi connectivity index (χ1v) is 12.3. The number of carbonyl (C=O) groups is 1. The number of benzene rings is 3. The highest BCUT2D eigenvalue weighted by molar-refractivity contribution is 5.80. The Morgan fingerprint density at radius 2 is 1.69 bits per heavy atom. The van der Waals surface area contributed by atoms with Gasteiger partial charge in [-0.05, 0) is 65.6 Å². The molecule has 3 aromatic carbocycles. The Balaban J connectivity index is 1.23. The lowest BCUT2D eigenvalue weighted by Crippen LogP contribution is -2.51. The van der Waals surface area contributed by atoms with Crippen molar-refractivity contribution in [2.75, 3.05) is 13.7 Å². The fourth-order valence-electron chi connectivity index (χ4n) is 6.11. The van der Waals surface area contributed by atoms with E-state index in [1.54, 1.807) is 13.2 Å². The van der Waals surface area contributed by atoms with Crippen molar-refractivity contribution in [3.8, 4) is 16.9 Å². The Kier molecular flexibility index (Phi) is 5.56. The van der Waals surface area contributed by atoms with Gasteiger partial charge in [-0.3, -0.25) is 4.90 Å². The lowest BCUT2D eigenvalue weighted by atomic mass is 9.83. The number of amides is 1. The average Bonchev–Trinajstić information content (AvgIpc) is 3.20. The van der Waals surface area contributed by atoms with E-state index in [1.165, 1.54) is 34.4 Å². The molecule has 1 saturated heterocycles. The maximum absolute atomic E-state index is 13.7. The van der Waals surface area contributed by atoms with Gasteiger partial charge in [-0.25, -0.2) is 9.18 Å². The van der Waals surface area contributed by atoms with Crippen LogP contribution in [0.25, 0.3) is 16.7 Å². The second kappa shape index (κ2) is 8.88. The molecule has 3 aromatic rings. The second-order valence-electron chi connectivity index (χ2n) is 9.60. The van der Waals surface area contributed by atoms with E-state index in [4.69, 9.17) is 9.47 Å². The van der Waals surface area contributed by atoms with Crippen LogP contribution >= 0.6 is 0 Å². The summed E-state index contributed by atoms with van der Waals surface area (Å²) < 4.78 is 25.2. The predicted octanol–water partition coefficient (Wildman–Crippen LogP) is 6.79. The van der Waals surface area contributed by atoms with Crippen LogP contribution in [-0.4, -0.2) is 36.8 Å². The molecule has 1 amide bonds. The number of hydrogen-bond acceptors (Lipinski definition) is 3. The van der Waals surface area contributed by atoms with Gasteiger partial charge < -0.3 is 9.47 Å². The van der Waals surface area contributed by atoms with Gasteiger partial charge in [0.1, 0.15) is 18.2 Å². The molecule has 1 aliphatic carbocycles. The van der Waals surface area contributed by atoms with Crippen LogP contribution in [0.15, 0.2) is 72.8 Å². The number of nitrogens with zero attached hydrogens (tertiary/aromatic N) is 1. The van der Waals surface area contributed by atoms with E-state index < -0.39 is 0 Å². The highest BCUT2D eigenvalue weighted by Gasteiger charge is 2.39. The molecule has 0 spiro atoms. The summed E-state index contributed by atoms with van der Waals surface area (Å²) in [5.41, 5.74) is 6.88. The van der Waals surface area contributed by atoms with Crippen molar-refractivity contribution in [2.24, 2.45) is 0 Å². The van der Waals surface area contributed by atoms with Crippen molar-refractivity contribution in [1.82, 2.24) is 4.90 Å². The van der Waals surface area contributed by atoms with Gasteiger partial charge in [-0.2, -0.15) is 0 Å². The molecule has 2 aliphatic heterocycles. The summed E-state index contributed by atoms with van der Waals surface area (Å²) in [6, 6.07) is 21.5. The Bertz CT molecular complexity index is 1270. The number of ether oxygens (including phenoxy) is 2. The quantitative estimate of drug-likeness (QED) is 0.422. The Morgan fingerprint density at radius 3 is 2.37 bits per heavy atom. The lowest BCUT2D eigenvalue weighted by molar-refractivity contribution is 0.0539. The fourth-order valence-corrected chi connectivity index (χ4v) is 6.11. The van der Waals surface area contributed by atoms with Gasteiger partial charge in [-0.1, -0.05) is 54.6 Å². The van der Waals surface area contributed by atoms with Crippen LogP contribution in [0.3, 0.4) is 0 Å². The summed E-state index contributed by atoms with van der Waals surface area (Å²) in [5.74, 6) is 0.261. The third-order valence-electron chi connectivity index (χ3n) is 7.69. The van der Waals surface area contributed by atoms with Crippen LogP contribution in [-0.2, 0) is 4.74 Å². The first kappa shape index (κ1) is 21.9. The zero-order valence-electron chi connectivity index (χ0n) is 19.7. The first-order valence-electron chi connectivity index (χ1n) is 12.3.